The summed E-state index contributed by atoms with van der Waals surface area (Å²) >= 11 is 0. The minimum atomic E-state index is 0.263. The van der Waals surface area contributed by atoms with Crippen molar-refractivity contribution in [1.29, 1.82) is 0 Å². The van der Waals surface area contributed by atoms with Gasteiger partial charge in [-0.3, -0.25) is 4.90 Å². The van der Waals surface area contributed by atoms with E-state index in [1.807, 2.05) is 0 Å². The van der Waals surface area contributed by atoms with E-state index in [0.29, 0.717) is 11.3 Å². The Balaban J connectivity index is 2.07. The van der Waals surface area contributed by atoms with Crippen LogP contribution in [0.4, 0.5) is 0 Å². The van der Waals surface area contributed by atoms with Crippen LogP contribution in [0.1, 0.15) is 52.5 Å². The molecule has 118 valence electrons. The predicted octanol–water partition coefficient (Wildman–Crippen LogP) is 4.70. The molecule has 1 heterocycles. The molecule has 1 aromatic rings. The molecule has 2 heteroatoms. The van der Waals surface area contributed by atoms with Gasteiger partial charge in [0.1, 0.15) is 6.23 Å². The number of nitrogens with zero attached hydrogens (tertiary/aromatic N) is 1. The Bertz CT molecular complexity index is 407. The SMILES string of the molecule is CCCN1CCCC(C(C)(C)C)C1OCc1ccccc1. The average Bonchev–Trinajstić information content (AvgIpc) is 2.46. The molecule has 0 aromatic heterocycles. The highest BCUT2D eigenvalue weighted by Crippen LogP contribution is 2.38. The van der Waals surface area contributed by atoms with Gasteiger partial charge < -0.3 is 4.74 Å². The third-order valence-electron chi connectivity index (χ3n) is 4.55. The summed E-state index contributed by atoms with van der Waals surface area (Å²) in [5.74, 6) is 0.613. The summed E-state index contributed by atoms with van der Waals surface area (Å²) in [5, 5.41) is 0. The monoisotopic (exact) mass is 289 g/mol. The summed E-state index contributed by atoms with van der Waals surface area (Å²) in [6.07, 6.45) is 4.04. The fourth-order valence-electron chi connectivity index (χ4n) is 3.40. The van der Waals surface area contributed by atoms with Crippen molar-refractivity contribution in [2.45, 2.75) is 59.8 Å². The molecule has 0 radical (unpaired) electrons. The van der Waals surface area contributed by atoms with E-state index in [0.717, 1.165) is 13.2 Å². The molecule has 0 spiro atoms. The maximum absolute atomic E-state index is 6.40. The van der Waals surface area contributed by atoms with Gasteiger partial charge in [0.15, 0.2) is 0 Å². The van der Waals surface area contributed by atoms with Crippen LogP contribution in [-0.4, -0.2) is 24.2 Å². The maximum Gasteiger partial charge on any atom is 0.114 e. The number of piperidine rings is 1. The van der Waals surface area contributed by atoms with E-state index in [1.54, 1.807) is 0 Å². The van der Waals surface area contributed by atoms with Gasteiger partial charge >= 0.3 is 0 Å². The van der Waals surface area contributed by atoms with Crippen molar-refractivity contribution >= 4 is 0 Å². The Morgan fingerprint density at radius 1 is 1.19 bits per heavy atom. The molecule has 2 atom stereocenters. The fraction of sp³-hybridized carbons (Fsp3) is 0.684. The zero-order valence-corrected chi connectivity index (χ0v) is 14.1. The van der Waals surface area contributed by atoms with E-state index in [1.165, 1.54) is 31.4 Å². The maximum atomic E-state index is 6.40. The molecule has 2 nitrogen and oxygen atoms in total. The molecule has 0 N–H and O–H groups in total. The Morgan fingerprint density at radius 2 is 1.90 bits per heavy atom. The van der Waals surface area contributed by atoms with Gasteiger partial charge in [-0.25, -0.2) is 0 Å². The first kappa shape index (κ1) is 16.5. The van der Waals surface area contributed by atoms with Crippen LogP contribution in [0.5, 0.6) is 0 Å². The van der Waals surface area contributed by atoms with Crippen molar-refractivity contribution in [3.63, 3.8) is 0 Å². The fourth-order valence-corrected chi connectivity index (χ4v) is 3.40. The smallest absolute Gasteiger partial charge is 0.114 e. The lowest BCUT2D eigenvalue weighted by Gasteiger charge is -2.46. The van der Waals surface area contributed by atoms with Gasteiger partial charge in [0.05, 0.1) is 6.61 Å². The Kier molecular flexibility index (Phi) is 5.83. The van der Waals surface area contributed by atoms with Gasteiger partial charge in [-0.2, -0.15) is 0 Å². The predicted molar refractivity (Wildman–Crippen MR) is 89.1 cm³/mol. The second-order valence-corrected chi connectivity index (χ2v) is 7.34. The Hall–Kier alpha value is -0.860. The summed E-state index contributed by atoms with van der Waals surface area (Å²) in [6.45, 7) is 12.4. The molecule has 1 saturated heterocycles. The number of hydrogen-bond acceptors (Lipinski definition) is 2. The van der Waals surface area contributed by atoms with E-state index in [9.17, 15) is 0 Å². The molecular weight excluding hydrogens is 258 g/mol. The van der Waals surface area contributed by atoms with E-state index >= 15 is 0 Å². The molecule has 2 unspecified atom stereocenters. The minimum Gasteiger partial charge on any atom is -0.358 e. The molecule has 1 fully saturated rings. The van der Waals surface area contributed by atoms with Crippen LogP contribution >= 0.6 is 0 Å². The molecule has 0 amide bonds. The standard InChI is InChI=1S/C19H31NO/c1-5-13-20-14-9-12-17(19(2,3)4)18(20)21-15-16-10-7-6-8-11-16/h6-8,10-11,17-18H,5,9,12-15H2,1-4H3. The summed E-state index contributed by atoms with van der Waals surface area (Å²) in [6, 6.07) is 10.5. The van der Waals surface area contributed by atoms with Gasteiger partial charge in [-0.05, 0) is 30.2 Å². The lowest BCUT2D eigenvalue weighted by molar-refractivity contribution is -0.146. The molecule has 2 rings (SSSR count). The third kappa shape index (κ3) is 4.55. The Labute approximate surface area is 130 Å². The quantitative estimate of drug-likeness (QED) is 0.779. The molecule has 1 aliphatic heterocycles. The first-order chi connectivity index (χ1) is 10.0. The zero-order chi connectivity index (χ0) is 15.3. The lowest BCUT2D eigenvalue weighted by Crippen LogP contribution is -2.50. The second-order valence-electron chi connectivity index (χ2n) is 7.34. The molecule has 0 bridgehead atoms. The summed E-state index contributed by atoms with van der Waals surface area (Å²) < 4.78 is 6.40. The van der Waals surface area contributed by atoms with Crippen LogP contribution in [0.3, 0.4) is 0 Å². The molecule has 1 aliphatic rings. The van der Waals surface area contributed by atoms with E-state index in [-0.39, 0.29) is 6.23 Å². The second kappa shape index (κ2) is 7.42. The highest BCUT2D eigenvalue weighted by molar-refractivity contribution is 5.13. The summed E-state index contributed by atoms with van der Waals surface area (Å²) in [5.41, 5.74) is 1.57. The van der Waals surface area contributed by atoms with Crippen LogP contribution in [-0.2, 0) is 11.3 Å². The van der Waals surface area contributed by atoms with Crippen LogP contribution in [0.15, 0.2) is 30.3 Å². The van der Waals surface area contributed by atoms with Crippen LogP contribution in [0, 0.1) is 11.3 Å². The van der Waals surface area contributed by atoms with Crippen molar-refractivity contribution in [2.24, 2.45) is 11.3 Å². The molecule has 0 saturated carbocycles. The zero-order valence-electron chi connectivity index (χ0n) is 14.1. The number of hydrogen-bond donors (Lipinski definition) is 0. The first-order valence-electron chi connectivity index (χ1n) is 8.42. The minimum absolute atomic E-state index is 0.263. The van der Waals surface area contributed by atoms with E-state index < -0.39 is 0 Å². The molecular formula is C19H31NO. The van der Waals surface area contributed by atoms with Crippen molar-refractivity contribution < 1.29 is 4.74 Å². The molecule has 1 aromatic carbocycles. The summed E-state index contributed by atoms with van der Waals surface area (Å²) in [7, 11) is 0. The largest absolute Gasteiger partial charge is 0.358 e. The number of rotatable bonds is 5. The highest BCUT2D eigenvalue weighted by Gasteiger charge is 2.38. The van der Waals surface area contributed by atoms with E-state index in [4.69, 9.17) is 4.74 Å². The summed E-state index contributed by atoms with van der Waals surface area (Å²) in [4.78, 5) is 2.56. The van der Waals surface area contributed by atoms with Crippen LogP contribution in [0.2, 0.25) is 0 Å². The number of benzene rings is 1. The van der Waals surface area contributed by atoms with E-state index in [2.05, 4.69) is 62.9 Å². The first-order valence-corrected chi connectivity index (χ1v) is 8.42. The normalized spacial score (nSPS) is 24.2. The van der Waals surface area contributed by atoms with Gasteiger partial charge in [0.25, 0.3) is 0 Å². The lowest BCUT2D eigenvalue weighted by atomic mass is 9.75. The van der Waals surface area contributed by atoms with Gasteiger partial charge in [0, 0.05) is 19.0 Å². The van der Waals surface area contributed by atoms with Gasteiger partial charge in [0.2, 0.25) is 0 Å². The number of likely N-dealkylation sites (tertiary alicyclic amines) is 1. The van der Waals surface area contributed by atoms with Gasteiger partial charge in [-0.1, -0.05) is 58.0 Å². The number of ether oxygens (including phenoxy) is 1. The topological polar surface area (TPSA) is 12.5 Å². The Morgan fingerprint density at radius 3 is 2.52 bits per heavy atom. The molecule has 0 aliphatic carbocycles. The van der Waals surface area contributed by atoms with Crippen molar-refractivity contribution in [3.05, 3.63) is 35.9 Å². The van der Waals surface area contributed by atoms with Crippen molar-refractivity contribution in [2.75, 3.05) is 13.1 Å². The van der Waals surface area contributed by atoms with Crippen LogP contribution < -0.4 is 0 Å². The van der Waals surface area contributed by atoms with Gasteiger partial charge in [-0.15, -0.1) is 0 Å². The van der Waals surface area contributed by atoms with Crippen molar-refractivity contribution in [1.82, 2.24) is 4.90 Å². The van der Waals surface area contributed by atoms with Crippen LogP contribution in [0.25, 0.3) is 0 Å². The van der Waals surface area contributed by atoms with Crippen molar-refractivity contribution in [3.8, 4) is 0 Å². The molecule has 21 heavy (non-hydrogen) atoms. The third-order valence-corrected chi connectivity index (χ3v) is 4.55. The average molecular weight is 289 g/mol. The highest BCUT2D eigenvalue weighted by atomic mass is 16.5.